The van der Waals surface area contributed by atoms with E-state index in [4.69, 9.17) is 0 Å². The van der Waals surface area contributed by atoms with Crippen molar-refractivity contribution in [1.29, 1.82) is 0 Å². The number of likely N-dealkylation sites (N-methyl/N-ethyl adjacent to an activating group) is 1. The van der Waals surface area contributed by atoms with E-state index in [1.54, 1.807) is 6.33 Å². The lowest BCUT2D eigenvalue weighted by Crippen LogP contribution is -2.46. The van der Waals surface area contributed by atoms with E-state index in [-0.39, 0.29) is 0 Å². The van der Waals surface area contributed by atoms with Gasteiger partial charge in [0, 0.05) is 57.6 Å². The van der Waals surface area contributed by atoms with Gasteiger partial charge in [-0.3, -0.25) is 10.00 Å². The number of anilines is 2. The van der Waals surface area contributed by atoms with Gasteiger partial charge < -0.3 is 9.80 Å². The number of piperidine rings is 1. The highest BCUT2D eigenvalue weighted by molar-refractivity contribution is 5.49. The van der Waals surface area contributed by atoms with E-state index in [0.29, 0.717) is 6.04 Å². The van der Waals surface area contributed by atoms with Crippen molar-refractivity contribution in [1.82, 2.24) is 25.1 Å². The summed E-state index contributed by atoms with van der Waals surface area (Å²) in [7, 11) is 6.14. The summed E-state index contributed by atoms with van der Waals surface area (Å²) >= 11 is 0. The minimum atomic E-state index is 0.468. The SMILES string of the molecule is Cc1[nH]ncc1CN1CCCC(N(C)c2cc(N(C)C)ncn2)C1. The zero-order chi connectivity index (χ0) is 17.1. The van der Waals surface area contributed by atoms with Crippen molar-refractivity contribution in [3.05, 3.63) is 29.8 Å². The Morgan fingerprint density at radius 1 is 1.25 bits per heavy atom. The van der Waals surface area contributed by atoms with Gasteiger partial charge in [-0.05, 0) is 26.3 Å². The largest absolute Gasteiger partial charge is 0.363 e. The molecular weight excluding hydrogens is 302 g/mol. The monoisotopic (exact) mass is 329 g/mol. The zero-order valence-electron chi connectivity index (χ0n) is 15.0. The average Bonchev–Trinajstić information content (AvgIpc) is 2.99. The Kier molecular flexibility index (Phi) is 4.99. The van der Waals surface area contributed by atoms with Gasteiger partial charge in [-0.1, -0.05) is 0 Å². The number of likely N-dealkylation sites (tertiary alicyclic amines) is 1. The number of rotatable bonds is 5. The van der Waals surface area contributed by atoms with E-state index in [2.05, 4.69) is 50.0 Å². The third-order valence-electron chi connectivity index (χ3n) is 4.81. The van der Waals surface area contributed by atoms with Gasteiger partial charge in [-0.2, -0.15) is 5.10 Å². The summed E-state index contributed by atoms with van der Waals surface area (Å²) in [6, 6.07) is 2.52. The van der Waals surface area contributed by atoms with Crippen LogP contribution in [0.5, 0.6) is 0 Å². The second kappa shape index (κ2) is 7.17. The molecule has 1 aliphatic rings. The summed E-state index contributed by atoms with van der Waals surface area (Å²) in [5.41, 5.74) is 2.45. The summed E-state index contributed by atoms with van der Waals surface area (Å²) in [5, 5.41) is 7.16. The highest BCUT2D eigenvalue weighted by Crippen LogP contribution is 2.23. The van der Waals surface area contributed by atoms with Gasteiger partial charge in [-0.25, -0.2) is 9.97 Å². The number of nitrogens with zero attached hydrogens (tertiary/aromatic N) is 6. The molecule has 1 unspecified atom stereocenters. The van der Waals surface area contributed by atoms with Crippen LogP contribution >= 0.6 is 0 Å². The minimum Gasteiger partial charge on any atom is -0.363 e. The lowest BCUT2D eigenvalue weighted by Gasteiger charge is -2.38. The Morgan fingerprint density at radius 2 is 2.04 bits per heavy atom. The number of hydrogen-bond donors (Lipinski definition) is 1. The van der Waals surface area contributed by atoms with Gasteiger partial charge in [0.1, 0.15) is 18.0 Å². The molecule has 24 heavy (non-hydrogen) atoms. The number of H-pyrrole nitrogens is 1. The summed E-state index contributed by atoms with van der Waals surface area (Å²) < 4.78 is 0. The predicted octanol–water partition coefficient (Wildman–Crippen LogP) is 1.67. The summed E-state index contributed by atoms with van der Waals surface area (Å²) in [5.74, 6) is 1.92. The van der Waals surface area contributed by atoms with Gasteiger partial charge in [0.05, 0.1) is 6.20 Å². The predicted molar refractivity (Wildman–Crippen MR) is 96.4 cm³/mol. The summed E-state index contributed by atoms with van der Waals surface area (Å²) in [6.07, 6.45) is 5.99. The fraction of sp³-hybridized carbons (Fsp3) is 0.588. The molecule has 2 aromatic heterocycles. The van der Waals surface area contributed by atoms with E-state index in [1.165, 1.54) is 18.4 Å². The summed E-state index contributed by atoms with van der Waals surface area (Å²) in [4.78, 5) is 15.6. The highest BCUT2D eigenvalue weighted by atomic mass is 15.3. The van der Waals surface area contributed by atoms with E-state index < -0.39 is 0 Å². The molecule has 7 nitrogen and oxygen atoms in total. The maximum Gasteiger partial charge on any atom is 0.134 e. The molecule has 3 heterocycles. The highest BCUT2D eigenvalue weighted by Gasteiger charge is 2.25. The van der Waals surface area contributed by atoms with Crippen LogP contribution in [0.2, 0.25) is 0 Å². The quantitative estimate of drug-likeness (QED) is 0.900. The first-order valence-electron chi connectivity index (χ1n) is 8.48. The van der Waals surface area contributed by atoms with E-state index in [0.717, 1.165) is 37.0 Å². The van der Waals surface area contributed by atoms with Crippen molar-refractivity contribution in [2.75, 3.05) is 44.0 Å². The number of aryl methyl sites for hydroxylation is 1. The number of aromatic nitrogens is 4. The topological polar surface area (TPSA) is 64.2 Å². The van der Waals surface area contributed by atoms with Gasteiger partial charge >= 0.3 is 0 Å². The van der Waals surface area contributed by atoms with Crippen LogP contribution in [0.1, 0.15) is 24.1 Å². The molecule has 1 atom stereocenters. The van der Waals surface area contributed by atoms with Crippen LogP contribution in [0.4, 0.5) is 11.6 Å². The standard InChI is InChI=1S/C17H27N7/c1-13-14(9-20-21-13)10-24-7-5-6-15(11-24)23(4)17-8-16(22(2)3)18-12-19-17/h8-9,12,15H,5-7,10-11H2,1-4H3,(H,20,21). The van der Waals surface area contributed by atoms with Gasteiger partial charge in [0.2, 0.25) is 0 Å². The minimum absolute atomic E-state index is 0.468. The van der Waals surface area contributed by atoms with E-state index >= 15 is 0 Å². The molecule has 130 valence electrons. The number of nitrogens with one attached hydrogen (secondary N) is 1. The first kappa shape index (κ1) is 16.7. The van der Waals surface area contributed by atoms with Crippen LogP contribution in [0.15, 0.2) is 18.6 Å². The van der Waals surface area contributed by atoms with Crippen molar-refractivity contribution < 1.29 is 0 Å². The molecule has 0 aromatic carbocycles. The van der Waals surface area contributed by atoms with Crippen molar-refractivity contribution in [3.63, 3.8) is 0 Å². The van der Waals surface area contributed by atoms with Crippen LogP contribution in [0.3, 0.4) is 0 Å². The van der Waals surface area contributed by atoms with Crippen molar-refractivity contribution in [2.24, 2.45) is 0 Å². The second-order valence-electron chi connectivity index (χ2n) is 6.79. The number of hydrogen-bond acceptors (Lipinski definition) is 6. The first-order valence-corrected chi connectivity index (χ1v) is 8.48. The lowest BCUT2D eigenvalue weighted by molar-refractivity contribution is 0.198. The molecule has 3 rings (SSSR count). The van der Waals surface area contributed by atoms with Crippen molar-refractivity contribution in [2.45, 2.75) is 32.4 Å². The van der Waals surface area contributed by atoms with Crippen molar-refractivity contribution in [3.8, 4) is 0 Å². The molecule has 7 heteroatoms. The van der Waals surface area contributed by atoms with Gasteiger partial charge in [0.15, 0.2) is 0 Å². The Balaban J connectivity index is 1.67. The molecule has 0 spiro atoms. The third kappa shape index (κ3) is 3.67. The zero-order valence-corrected chi connectivity index (χ0v) is 15.0. The van der Waals surface area contributed by atoms with Gasteiger partial charge in [-0.15, -0.1) is 0 Å². The molecule has 0 radical (unpaired) electrons. The number of aromatic amines is 1. The molecule has 2 aromatic rings. The smallest absolute Gasteiger partial charge is 0.134 e. The normalized spacial score (nSPS) is 18.6. The Hall–Kier alpha value is -2.15. The molecule has 1 saturated heterocycles. The molecule has 0 amide bonds. The lowest BCUT2D eigenvalue weighted by atomic mass is 10.0. The molecule has 0 saturated carbocycles. The molecule has 1 N–H and O–H groups in total. The third-order valence-corrected chi connectivity index (χ3v) is 4.81. The Bertz CT molecular complexity index is 666. The maximum atomic E-state index is 4.47. The maximum absolute atomic E-state index is 4.47. The van der Waals surface area contributed by atoms with E-state index in [9.17, 15) is 0 Å². The van der Waals surface area contributed by atoms with Crippen LogP contribution < -0.4 is 9.80 Å². The molecule has 1 aliphatic heterocycles. The molecular formula is C17H27N7. The fourth-order valence-corrected chi connectivity index (χ4v) is 3.23. The molecule has 0 aliphatic carbocycles. The van der Waals surface area contributed by atoms with Crippen LogP contribution in [0.25, 0.3) is 0 Å². The fourth-order valence-electron chi connectivity index (χ4n) is 3.23. The first-order chi connectivity index (χ1) is 11.5. The van der Waals surface area contributed by atoms with Crippen LogP contribution in [0, 0.1) is 6.92 Å². The van der Waals surface area contributed by atoms with E-state index in [1.807, 2.05) is 25.2 Å². The van der Waals surface area contributed by atoms with Gasteiger partial charge in [0.25, 0.3) is 0 Å². The Morgan fingerprint density at radius 3 is 2.75 bits per heavy atom. The summed E-state index contributed by atoms with van der Waals surface area (Å²) in [6.45, 7) is 5.23. The van der Waals surface area contributed by atoms with Crippen LogP contribution in [-0.2, 0) is 6.54 Å². The second-order valence-corrected chi connectivity index (χ2v) is 6.79. The van der Waals surface area contributed by atoms with Crippen LogP contribution in [-0.4, -0.2) is 65.3 Å². The van der Waals surface area contributed by atoms with Crippen molar-refractivity contribution >= 4 is 11.6 Å². The molecule has 0 bridgehead atoms. The Labute approximate surface area is 143 Å². The molecule has 1 fully saturated rings. The average molecular weight is 329 g/mol.